The van der Waals surface area contributed by atoms with Crippen molar-refractivity contribution in [3.8, 4) is 5.75 Å². The van der Waals surface area contributed by atoms with Crippen LogP contribution in [-0.2, 0) is 9.09 Å². The van der Waals surface area contributed by atoms with Gasteiger partial charge >= 0.3 is 7.75 Å². The van der Waals surface area contributed by atoms with Gasteiger partial charge in [-0.2, -0.15) is 0 Å². The summed E-state index contributed by atoms with van der Waals surface area (Å²) in [4.78, 5) is 0. The minimum atomic E-state index is -3.22. The van der Waals surface area contributed by atoms with Crippen LogP contribution in [-0.4, -0.2) is 25.2 Å². The van der Waals surface area contributed by atoms with Crippen molar-refractivity contribution >= 4 is 7.75 Å². The first-order chi connectivity index (χ1) is 7.18. The van der Waals surface area contributed by atoms with Crippen LogP contribution in [0.15, 0.2) is 30.3 Å². The molecule has 1 heterocycles. The van der Waals surface area contributed by atoms with Crippen LogP contribution in [0.1, 0.15) is 0 Å². The van der Waals surface area contributed by atoms with Crippen molar-refractivity contribution in [3.05, 3.63) is 30.3 Å². The molecule has 0 bridgehead atoms. The lowest BCUT2D eigenvalue weighted by Crippen LogP contribution is -2.40. The Morgan fingerprint density at radius 1 is 1.47 bits per heavy atom. The van der Waals surface area contributed by atoms with Crippen molar-refractivity contribution in [1.29, 1.82) is 0 Å². The third-order valence-electron chi connectivity index (χ3n) is 1.95. The van der Waals surface area contributed by atoms with E-state index in [0.29, 0.717) is 18.9 Å². The van der Waals surface area contributed by atoms with Gasteiger partial charge in [0.25, 0.3) is 0 Å². The first kappa shape index (κ1) is 10.6. The summed E-state index contributed by atoms with van der Waals surface area (Å²) in [7, 11) is -1.42. The first-order valence-corrected chi connectivity index (χ1v) is 6.20. The number of para-hydroxylation sites is 1. The van der Waals surface area contributed by atoms with E-state index in [1.807, 2.05) is 18.2 Å². The van der Waals surface area contributed by atoms with Gasteiger partial charge in [-0.3, -0.25) is 4.52 Å². The molecular formula is C9H13N2O3P. The highest BCUT2D eigenvalue weighted by molar-refractivity contribution is 7.52. The van der Waals surface area contributed by atoms with Gasteiger partial charge in [-0.25, -0.2) is 9.57 Å². The van der Waals surface area contributed by atoms with E-state index in [9.17, 15) is 4.57 Å². The van der Waals surface area contributed by atoms with Crippen LogP contribution in [0.4, 0.5) is 0 Å². The van der Waals surface area contributed by atoms with E-state index in [1.54, 1.807) is 24.2 Å². The number of hydrogen-bond donors (Lipinski definition) is 1. The van der Waals surface area contributed by atoms with Crippen molar-refractivity contribution in [2.75, 3.05) is 20.2 Å². The Kier molecular flexibility index (Phi) is 3.07. The lowest BCUT2D eigenvalue weighted by atomic mass is 10.3. The van der Waals surface area contributed by atoms with Gasteiger partial charge in [0.05, 0.1) is 6.61 Å². The van der Waals surface area contributed by atoms with Crippen molar-refractivity contribution in [2.45, 2.75) is 0 Å². The summed E-state index contributed by atoms with van der Waals surface area (Å²) in [5.41, 5.74) is 0. The second kappa shape index (κ2) is 4.33. The molecule has 1 aliphatic heterocycles. The molecule has 1 aromatic rings. The summed E-state index contributed by atoms with van der Waals surface area (Å²) < 4.78 is 22.4. The quantitative estimate of drug-likeness (QED) is 0.780. The fourth-order valence-electron chi connectivity index (χ4n) is 1.25. The number of rotatable bonds is 2. The predicted octanol–water partition coefficient (Wildman–Crippen LogP) is 1.64. The van der Waals surface area contributed by atoms with Crippen LogP contribution in [0.3, 0.4) is 0 Å². The van der Waals surface area contributed by atoms with Crippen molar-refractivity contribution in [2.24, 2.45) is 0 Å². The second-order valence-corrected chi connectivity index (χ2v) is 4.89. The van der Waals surface area contributed by atoms with Gasteiger partial charge in [-0.1, -0.05) is 18.2 Å². The summed E-state index contributed by atoms with van der Waals surface area (Å²) in [6, 6.07) is 8.97. The number of likely N-dealkylation sites (N-methyl/N-ethyl adjacent to an activating group) is 1. The van der Waals surface area contributed by atoms with Crippen LogP contribution in [0.5, 0.6) is 5.75 Å². The van der Waals surface area contributed by atoms with Gasteiger partial charge in [0, 0.05) is 13.6 Å². The Hall–Kier alpha value is -0.870. The molecule has 0 aliphatic carbocycles. The van der Waals surface area contributed by atoms with Crippen molar-refractivity contribution in [3.63, 3.8) is 0 Å². The molecule has 15 heavy (non-hydrogen) atoms. The lowest BCUT2D eigenvalue weighted by Gasteiger charge is -2.29. The Morgan fingerprint density at radius 3 is 2.87 bits per heavy atom. The van der Waals surface area contributed by atoms with Crippen LogP contribution in [0, 0.1) is 0 Å². The highest BCUT2D eigenvalue weighted by atomic mass is 31.2. The monoisotopic (exact) mass is 228 g/mol. The Balaban J connectivity index is 2.07. The zero-order chi connectivity index (χ0) is 10.7. The average Bonchev–Trinajstić information content (AvgIpc) is 2.18. The molecule has 0 aromatic heterocycles. The molecule has 6 heteroatoms. The molecule has 0 unspecified atom stereocenters. The van der Waals surface area contributed by atoms with Gasteiger partial charge in [0.1, 0.15) is 5.75 Å². The molecule has 1 fully saturated rings. The third kappa shape index (κ3) is 2.79. The van der Waals surface area contributed by atoms with Crippen LogP contribution >= 0.6 is 7.75 Å². The molecule has 1 aromatic carbocycles. The largest absolute Gasteiger partial charge is 0.472 e. The summed E-state index contributed by atoms with van der Waals surface area (Å²) >= 11 is 0. The van der Waals surface area contributed by atoms with Gasteiger partial charge < -0.3 is 4.52 Å². The predicted molar refractivity (Wildman–Crippen MR) is 56.4 cm³/mol. The molecule has 0 radical (unpaired) electrons. The summed E-state index contributed by atoms with van der Waals surface area (Å²) in [5.74, 6) is 0.531. The normalized spacial score (nSPS) is 27.5. The summed E-state index contributed by atoms with van der Waals surface area (Å²) in [5, 5.41) is 4.39. The Morgan fingerprint density at radius 2 is 2.20 bits per heavy atom. The average molecular weight is 228 g/mol. The number of hydrazine groups is 1. The Labute approximate surface area is 88.5 Å². The van der Waals surface area contributed by atoms with Crippen LogP contribution in [0.25, 0.3) is 0 Å². The molecular weight excluding hydrogens is 215 g/mol. The summed E-state index contributed by atoms with van der Waals surface area (Å²) in [6.45, 7) is 1.08. The van der Waals surface area contributed by atoms with E-state index in [1.165, 1.54) is 0 Å². The molecule has 0 spiro atoms. The molecule has 1 N–H and O–H groups in total. The highest BCUT2D eigenvalue weighted by Crippen LogP contribution is 2.45. The number of nitrogens with zero attached hydrogens (tertiary/aromatic N) is 1. The standard InChI is InChI=1S/C9H13N2O3P/c1-11-7-8-13-15(12,10-11)14-9-5-3-2-4-6-9/h2-6H,7-8H2,1H3,(H,10,12)/t15-/m1/s1. The van der Waals surface area contributed by atoms with Crippen LogP contribution < -0.4 is 9.72 Å². The fraction of sp³-hybridized carbons (Fsp3) is 0.333. The maximum atomic E-state index is 12.0. The minimum absolute atomic E-state index is 0.396. The van der Waals surface area contributed by atoms with Gasteiger partial charge in [-0.15, -0.1) is 5.20 Å². The van der Waals surface area contributed by atoms with Crippen molar-refractivity contribution < 1.29 is 13.6 Å². The number of benzene rings is 1. The summed E-state index contributed by atoms with van der Waals surface area (Å²) in [6.07, 6.45) is 0. The minimum Gasteiger partial charge on any atom is -0.412 e. The van der Waals surface area contributed by atoms with Crippen LogP contribution in [0.2, 0.25) is 0 Å². The van der Waals surface area contributed by atoms with E-state index in [4.69, 9.17) is 9.05 Å². The smallest absolute Gasteiger partial charge is 0.412 e. The molecule has 1 atom stereocenters. The fourth-order valence-corrected chi connectivity index (χ4v) is 2.64. The SMILES string of the molecule is CN1CCO[P@@](=O)(Oc2ccccc2)N1. The lowest BCUT2D eigenvalue weighted by molar-refractivity contribution is 0.134. The molecule has 1 aliphatic rings. The van der Waals surface area contributed by atoms with Crippen molar-refractivity contribution in [1.82, 2.24) is 10.2 Å². The maximum Gasteiger partial charge on any atom is 0.472 e. The van der Waals surface area contributed by atoms with E-state index in [0.717, 1.165) is 0 Å². The van der Waals surface area contributed by atoms with E-state index < -0.39 is 7.75 Å². The topological polar surface area (TPSA) is 50.8 Å². The second-order valence-electron chi connectivity index (χ2n) is 3.26. The Bertz CT molecular complexity index is 371. The third-order valence-corrected chi connectivity index (χ3v) is 3.51. The highest BCUT2D eigenvalue weighted by Gasteiger charge is 2.31. The molecule has 0 saturated carbocycles. The van der Waals surface area contributed by atoms with E-state index >= 15 is 0 Å². The van der Waals surface area contributed by atoms with Gasteiger partial charge in [0.2, 0.25) is 0 Å². The molecule has 2 rings (SSSR count). The first-order valence-electron chi connectivity index (χ1n) is 4.66. The zero-order valence-corrected chi connectivity index (χ0v) is 9.31. The maximum absolute atomic E-state index is 12.0. The zero-order valence-electron chi connectivity index (χ0n) is 8.42. The molecule has 1 saturated heterocycles. The van der Waals surface area contributed by atoms with Gasteiger partial charge in [-0.05, 0) is 12.1 Å². The van der Waals surface area contributed by atoms with E-state index in [2.05, 4.69) is 5.20 Å². The number of nitrogens with one attached hydrogen (secondary N) is 1. The molecule has 0 amide bonds. The number of hydrogen-bond acceptors (Lipinski definition) is 4. The molecule has 5 nitrogen and oxygen atoms in total. The van der Waals surface area contributed by atoms with Gasteiger partial charge in [0.15, 0.2) is 0 Å². The molecule has 82 valence electrons. The van der Waals surface area contributed by atoms with E-state index in [-0.39, 0.29) is 0 Å².